The number of aliphatic hydroxyl groups excluding tert-OH is 2. The third-order valence-corrected chi connectivity index (χ3v) is 9.84. The molecule has 1 unspecified atom stereocenters. The summed E-state index contributed by atoms with van der Waals surface area (Å²) < 4.78 is 42.1. The largest absolute Gasteiger partial charge is 0.472 e. The van der Waals surface area contributed by atoms with E-state index in [2.05, 4.69) is 22.0 Å². The standard InChI is InChI=1S/C35H50N7O9P/c1-2-3-4-5-6-7-8-9-10-11-12-13-18-47-21-27(50-30-17-14-26(19-36)20-39-30)22-48-52(45,46)49-24-35(23-37)33(44)31(43)32(51-35)28-15-16-29-34(38)40-25-41-42(28)29/h14-17,20,25,27,31-33,43-44H,2-13,18,21-22,24H2,1H3,(H,45,46)(H2,38,40,41)/t27-,31+,32+,33+,35-/m1/s1. The van der Waals surface area contributed by atoms with Gasteiger partial charge in [-0.1, -0.05) is 77.6 Å². The van der Waals surface area contributed by atoms with E-state index in [1.807, 2.05) is 6.07 Å². The smallest absolute Gasteiger partial charge is 0.469 e. The van der Waals surface area contributed by atoms with Crippen LogP contribution in [0.5, 0.6) is 5.88 Å². The van der Waals surface area contributed by atoms with E-state index in [-0.39, 0.29) is 24.0 Å². The second-order valence-electron chi connectivity index (χ2n) is 12.9. The first-order chi connectivity index (χ1) is 25.1. The van der Waals surface area contributed by atoms with Crippen LogP contribution in [0.4, 0.5) is 5.82 Å². The highest BCUT2D eigenvalue weighted by Gasteiger charge is 2.57. The second kappa shape index (κ2) is 20.5. The first-order valence-corrected chi connectivity index (χ1v) is 19.4. The Kier molecular flexibility index (Phi) is 16.2. The summed E-state index contributed by atoms with van der Waals surface area (Å²) >= 11 is 0. The molecule has 0 saturated carbocycles. The van der Waals surface area contributed by atoms with Gasteiger partial charge in [-0.15, -0.1) is 0 Å². The van der Waals surface area contributed by atoms with E-state index in [0.717, 1.165) is 19.3 Å². The number of aromatic nitrogens is 4. The normalized spacial score (nSPS) is 21.8. The van der Waals surface area contributed by atoms with E-state index >= 15 is 0 Å². The number of unbranched alkanes of at least 4 members (excludes halogenated alkanes) is 11. The number of pyridine rings is 1. The predicted octanol–water partition coefficient (Wildman–Crippen LogP) is 4.93. The average molecular weight is 744 g/mol. The van der Waals surface area contributed by atoms with Crippen molar-refractivity contribution < 1.29 is 42.9 Å². The Labute approximate surface area is 304 Å². The first-order valence-electron chi connectivity index (χ1n) is 17.9. The Morgan fingerprint density at radius 2 is 1.67 bits per heavy atom. The molecular formula is C35H50N7O9P. The van der Waals surface area contributed by atoms with Crippen LogP contribution in [0.2, 0.25) is 0 Å². The molecule has 4 rings (SSSR count). The zero-order chi connectivity index (χ0) is 37.4. The third-order valence-electron chi connectivity index (χ3n) is 8.91. The van der Waals surface area contributed by atoms with Gasteiger partial charge in [-0.25, -0.2) is 19.0 Å². The lowest BCUT2D eigenvalue weighted by atomic mass is 9.96. The molecule has 1 aliphatic rings. The van der Waals surface area contributed by atoms with Gasteiger partial charge >= 0.3 is 7.82 Å². The summed E-state index contributed by atoms with van der Waals surface area (Å²) in [5.41, 5.74) is 4.65. The molecule has 0 radical (unpaired) electrons. The zero-order valence-corrected chi connectivity index (χ0v) is 30.5. The number of nitriles is 2. The predicted molar refractivity (Wildman–Crippen MR) is 189 cm³/mol. The van der Waals surface area contributed by atoms with E-state index in [9.17, 15) is 24.9 Å². The molecule has 16 nitrogen and oxygen atoms in total. The highest BCUT2D eigenvalue weighted by atomic mass is 31.2. The number of hydrogen-bond donors (Lipinski definition) is 4. The number of anilines is 1. The number of aliphatic hydroxyl groups is 2. The van der Waals surface area contributed by atoms with Gasteiger partial charge < -0.3 is 35.1 Å². The fourth-order valence-electron chi connectivity index (χ4n) is 5.93. The van der Waals surface area contributed by atoms with Crippen molar-refractivity contribution in [3.05, 3.63) is 48.0 Å². The van der Waals surface area contributed by atoms with Gasteiger partial charge in [0.05, 0.1) is 24.5 Å². The van der Waals surface area contributed by atoms with Crippen LogP contribution < -0.4 is 10.5 Å². The summed E-state index contributed by atoms with van der Waals surface area (Å²) in [5, 5.41) is 44.9. The third kappa shape index (κ3) is 11.7. The highest BCUT2D eigenvalue weighted by Crippen LogP contribution is 2.47. The molecule has 1 saturated heterocycles. The minimum absolute atomic E-state index is 0.00309. The molecule has 3 aromatic heterocycles. The Morgan fingerprint density at radius 3 is 2.31 bits per heavy atom. The van der Waals surface area contributed by atoms with Crippen molar-refractivity contribution in [2.24, 2.45) is 0 Å². The Balaban J connectivity index is 1.26. The van der Waals surface area contributed by atoms with Crippen LogP contribution in [0.25, 0.3) is 5.52 Å². The minimum Gasteiger partial charge on any atom is -0.469 e. The van der Waals surface area contributed by atoms with Gasteiger partial charge in [0.1, 0.15) is 55.0 Å². The summed E-state index contributed by atoms with van der Waals surface area (Å²) in [6.07, 6.45) is 11.4. The number of fused-ring (bicyclic) bond motifs is 1. The van der Waals surface area contributed by atoms with Crippen molar-refractivity contribution in [1.82, 2.24) is 19.6 Å². The van der Waals surface area contributed by atoms with E-state index in [1.165, 1.54) is 93.0 Å². The fraction of sp³-hybridized carbons (Fsp3) is 0.629. The van der Waals surface area contributed by atoms with E-state index < -0.39 is 51.1 Å². The molecule has 284 valence electrons. The second-order valence-corrected chi connectivity index (χ2v) is 14.4. The lowest BCUT2D eigenvalue weighted by molar-refractivity contribution is -0.0755. The van der Waals surface area contributed by atoms with E-state index in [1.54, 1.807) is 12.1 Å². The maximum Gasteiger partial charge on any atom is 0.472 e. The number of nitrogens with zero attached hydrogens (tertiary/aromatic N) is 6. The van der Waals surface area contributed by atoms with Gasteiger partial charge in [0.15, 0.2) is 5.82 Å². The number of phosphoric ester groups is 1. The van der Waals surface area contributed by atoms with Crippen LogP contribution in [-0.4, -0.2) is 85.0 Å². The number of nitrogen functional groups attached to an aromatic ring is 1. The van der Waals surface area contributed by atoms with Crippen molar-refractivity contribution in [2.75, 3.05) is 32.2 Å². The topological polar surface area (TPSA) is 241 Å². The Hall–Kier alpha value is -3.70. The molecule has 1 fully saturated rings. The molecule has 4 heterocycles. The molecule has 17 heteroatoms. The number of rotatable bonds is 24. The van der Waals surface area contributed by atoms with Gasteiger partial charge in [0, 0.05) is 18.9 Å². The number of phosphoric acid groups is 1. The summed E-state index contributed by atoms with van der Waals surface area (Å²) in [4.78, 5) is 18.6. The molecule has 0 aromatic carbocycles. The van der Waals surface area contributed by atoms with E-state index in [4.69, 9.17) is 34.3 Å². The van der Waals surface area contributed by atoms with Crippen molar-refractivity contribution >= 4 is 19.2 Å². The lowest BCUT2D eigenvalue weighted by Crippen LogP contribution is -2.45. The maximum atomic E-state index is 13.0. The zero-order valence-electron chi connectivity index (χ0n) is 29.6. The van der Waals surface area contributed by atoms with Crippen LogP contribution in [0.15, 0.2) is 36.8 Å². The van der Waals surface area contributed by atoms with Gasteiger partial charge in [-0.05, 0) is 24.6 Å². The number of nitrogens with two attached hydrogens (primary N) is 1. The van der Waals surface area contributed by atoms with Crippen LogP contribution >= 0.6 is 7.82 Å². The number of ether oxygens (including phenoxy) is 3. The van der Waals surface area contributed by atoms with Crippen molar-refractivity contribution in [2.45, 2.75) is 114 Å². The summed E-state index contributed by atoms with van der Waals surface area (Å²) in [5.74, 6) is 0.306. The van der Waals surface area contributed by atoms with Gasteiger partial charge in [-0.2, -0.15) is 15.6 Å². The van der Waals surface area contributed by atoms with Crippen molar-refractivity contribution in [3.8, 4) is 18.0 Å². The molecule has 0 aliphatic carbocycles. The fourth-order valence-corrected chi connectivity index (χ4v) is 6.71. The van der Waals surface area contributed by atoms with Gasteiger partial charge in [0.2, 0.25) is 11.5 Å². The van der Waals surface area contributed by atoms with Crippen molar-refractivity contribution in [3.63, 3.8) is 0 Å². The maximum absolute atomic E-state index is 13.0. The highest BCUT2D eigenvalue weighted by molar-refractivity contribution is 7.47. The lowest BCUT2D eigenvalue weighted by Gasteiger charge is -2.26. The first kappa shape index (κ1) is 41.1. The summed E-state index contributed by atoms with van der Waals surface area (Å²) in [7, 11) is -4.88. The van der Waals surface area contributed by atoms with Crippen LogP contribution in [-0.2, 0) is 23.1 Å². The summed E-state index contributed by atoms with van der Waals surface area (Å²) in [6, 6.07) is 9.87. The molecule has 6 atom stereocenters. The number of hydrogen-bond acceptors (Lipinski definition) is 14. The SMILES string of the molecule is CCCCCCCCCCCCCCOC[C@H](COP(=O)(O)OC[C@@]1(C#N)O[C@@H](c2ccc3c(N)ncnn23)[C@H](O)[C@@H]1O)Oc1ccc(C#N)cn1. The van der Waals surface area contributed by atoms with Gasteiger partial charge in [0.25, 0.3) is 0 Å². The quantitative estimate of drug-likeness (QED) is 0.0702. The molecular weight excluding hydrogens is 693 g/mol. The van der Waals surface area contributed by atoms with Crippen molar-refractivity contribution in [1.29, 1.82) is 10.5 Å². The minimum atomic E-state index is -4.88. The molecule has 0 amide bonds. The Bertz CT molecular complexity index is 1660. The monoisotopic (exact) mass is 743 g/mol. The average Bonchev–Trinajstić information content (AvgIpc) is 3.69. The molecule has 3 aromatic rings. The molecule has 52 heavy (non-hydrogen) atoms. The van der Waals surface area contributed by atoms with Crippen LogP contribution in [0, 0.1) is 22.7 Å². The molecule has 1 aliphatic heterocycles. The van der Waals surface area contributed by atoms with Crippen LogP contribution in [0.3, 0.4) is 0 Å². The Morgan fingerprint density at radius 1 is 0.981 bits per heavy atom. The van der Waals surface area contributed by atoms with E-state index in [0.29, 0.717) is 17.7 Å². The molecule has 0 bridgehead atoms. The van der Waals surface area contributed by atoms with Crippen LogP contribution in [0.1, 0.15) is 101 Å². The molecule has 5 N–H and O–H groups in total. The molecule has 0 spiro atoms. The summed E-state index contributed by atoms with van der Waals surface area (Å²) in [6.45, 7) is 1.28. The van der Waals surface area contributed by atoms with Gasteiger partial charge in [-0.3, -0.25) is 9.05 Å².